The van der Waals surface area contributed by atoms with E-state index in [1.807, 2.05) is 49.4 Å². The average Bonchev–Trinajstić information content (AvgIpc) is 2.90. The van der Waals surface area contributed by atoms with Crippen molar-refractivity contribution in [2.75, 3.05) is 39.3 Å². The minimum absolute atomic E-state index is 0.0465. The number of urea groups is 2. The number of fused-ring (bicyclic) bond motifs is 2. The second kappa shape index (κ2) is 9.94. The van der Waals surface area contributed by atoms with Crippen molar-refractivity contribution >= 4 is 63.0 Å². The smallest absolute Gasteiger partial charge is 0.329 e. The standard InChI is InChI=1S/C27H24ClFN6O2/c1-3-34-23-13-25(30-2)31-14-17(23)15-35(27(34)37)24-12-22(20(29)11-19(24)28)33-26(36)32-21-10-6-8-16-7-4-5-9-18(16)21/h4-14H,3,15H2,1-2H3,(H,30,31)(H2,32,33,36). The number of anilines is 5. The largest absolute Gasteiger partial charge is 0.373 e. The van der Waals surface area contributed by atoms with E-state index < -0.39 is 11.8 Å². The molecule has 8 nitrogen and oxygen atoms in total. The van der Waals surface area contributed by atoms with Gasteiger partial charge in [-0.3, -0.25) is 9.80 Å². The van der Waals surface area contributed by atoms with Gasteiger partial charge in [-0.05, 0) is 30.5 Å². The lowest BCUT2D eigenvalue weighted by atomic mass is 10.1. The third-order valence-electron chi connectivity index (χ3n) is 6.23. The van der Waals surface area contributed by atoms with Crippen LogP contribution in [0.15, 0.2) is 66.9 Å². The molecule has 0 aliphatic carbocycles. The van der Waals surface area contributed by atoms with E-state index >= 15 is 0 Å². The zero-order valence-corrected chi connectivity index (χ0v) is 20.9. The van der Waals surface area contributed by atoms with Gasteiger partial charge in [0.05, 0.1) is 34.3 Å². The summed E-state index contributed by atoms with van der Waals surface area (Å²) in [6.07, 6.45) is 1.69. The topological polar surface area (TPSA) is 89.6 Å². The number of hydrogen-bond acceptors (Lipinski definition) is 4. The number of halogens is 2. The number of pyridine rings is 1. The first-order valence-electron chi connectivity index (χ1n) is 11.7. The number of rotatable bonds is 5. The summed E-state index contributed by atoms with van der Waals surface area (Å²) in [5, 5.41) is 10.2. The molecule has 0 bridgehead atoms. The maximum Gasteiger partial charge on any atom is 0.329 e. The highest BCUT2D eigenvalue weighted by atomic mass is 35.5. The number of benzene rings is 3. The molecule has 1 aliphatic heterocycles. The Morgan fingerprint density at radius 1 is 1.05 bits per heavy atom. The Hall–Kier alpha value is -4.37. The van der Waals surface area contributed by atoms with Crippen molar-refractivity contribution in [2.24, 2.45) is 0 Å². The highest BCUT2D eigenvalue weighted by Gasteiger charge is 2.32. The molecule has 0 saturated carbocycles. The van der Waals surface area contributed by atoms with E-state index in [1.54, 1.807) is 24.2 Å². The molecule has 188 valence electrons. The van der Waals surface area contributed by atoms with Crippen LogP contribution in [0.3, 0.4) is 0 Å². The molecule has 4 aromatic rings. The van der Waals surface area contributed by atoms with Gasteiger partial charge in [0.15, 0.2) is 0 Å². The minimum Gasteiger partial charge on any atom is -0.373 e. The summed E-state index contributed by atoms with van der Waals surface area (Å²) in [5.41, 5.74) is 2.30. The number of aromatic nitrogens is 1. The summed E-state index contributed by atoms with van der Waals surface area (Å²) in [5.74, 6) is -0.0821. The molecular weight excluding hydrogens is 495 g/mol. The van der Waals surface area contributed by atoms with E-state index in [1.165, 1.54) is 11.0 Å². The van der Waals surface area contributed by atoms with Crippen molar-refractivity contribution in [3.8, 4) is 0 Å². The van der Waals surface area contributed by atoms with Crippen LogP contribution in [0.2, 0.25) is 5.02 Å². The van der Waals surface area contributed by atoms with Crippen LogP contribution < -0.4 is 25.8 Å². The molecular formula is C27H24ClFN6O2. The molecule has 4 amide bonds. The van der Waals surface area contributed by atoms with Gasteiger partial charge >= 0.3 is 12.1 Å². The predicted molar refractivity (Wildman–Crippen MR) is 146 cm³/mol. The lowest BCUT2D eigenvalue weighted by Gasteiger charge is -2.37. The van der Waals surface area contributed by atoms with Gasteiger partial charge in [-0.1, -0.05) is 48.0 Å². The molecule has 5 rings (SSSR count). The molecule has 37 heavy (non-hydrogen) atoms. The molecule has 1 aliphatic rings. The zero-order valence-electron chi connectivity index (χ0n) is 20.2. The van der Waals surface area contributed by atoms with Gasteiger partial charge in [-0.2, -0.15) is 0 Å². The van der Waals surface area contributed by atoms with Crippen molar-refractivity contribution in [3.63, 3.8) is 0 Å². The molecule has 3 N–H and O–H groups in total. The molecule has 10 heteroatoms. The molecule has 0 spiro atoms. The fourth-order valence-electron chi connectivity index (χ4n) is 4.41. The molecule has 0 radical (unpaired) electrons. The van der Waals surface area contributed by atoms with E-state index in [-0.39, 0.29) is 29.0 Å². The summed E-state index contributed by atoms with van der Waals surface area (Å²) in [6, 6.07) is 16.5. The summed E-state index contributed by atoms with van der Waals surface area (Å²) < 4.78 is 14.9. The Kier molecular flexibility index (Phi) is 6.54. The van der Waals surface area contributed by atoms with Crippen molar-refractivity contribution < 1.29 is 14.0 Å². The third kappa shape index (κ3) is 4.61. The van der Waals surface area contributed by atoms with Crippen molar-refractivity contribution in [1.29, 1.82) is 0 Å². The average molecular weight is 519 g/mol. The molecule has 0 unspecified atom stereocenters. The zero-order chi connectivity index (χ0) is 26.1. The van der Waals surface area contributed by atoms with Gasteiger partial charge in [0.25, 0.3) is 0 Å². The number of nitrogens with one attached hydrogen (secondary N) is 3. The second-order valence-corrected chi connectivity index (χ2v) is 8.86. The number of hydrogen-bond donors (Lipinski definition) is 3. The van der Waals surface area contributed by atoms with Crippen LogP contribution in [0.4, 0.5) is 42.5 Å². The Bertz CT molecular complexity index is 1520. The predicted octanol–water partition coefficient (Wildman–Crippen LogP) is 6.68. The van der Waals surface area contributed by atoms with Crippen molar-refractivity contribution in [3.05, 3.63) is 83.3 Å². The van der Waals surface area contributed by atoms with E-state index in [0.717, 1.165) is 28.1 Å². The lowest BCUT2D eigenvalue weighted by molar-refractivity contribution is 0.250. The fraction of sp³-hybridized carbons (Fsp3) is 0.148. The first-order valence-corrected chi connectivity index (χ1v) is 12.1. The van der Waals surface area contributed by atoms with Crippen LogP contribution in [0.5, 0.6) is 0 Å². The molecule has 3 aromatic carbocycles. The second-order valence-electron chi connectivity index (χ2n) is 8.45. The van der Waals surface area contributed by atoms with Crippen LogP contribution in [-0.4, -0.2) is 30.6 Å². The molecule has 2 heterocycles. The highest BCUT2D eigenvalue weighted by Crippen LogP contribution is 2.38. The number of carbonyl (C=O) groups is 2. The monoisotopic (exact) mass is 518 g/mol. The van der Waals surface area contributed by atoms with Crippen molar-refractivity contribution in [2.45, 2.75) is 13.5 Å². The van der Waals surface area contributed by atoms with E-state index in [0.29, 0.717) is 18.1 Å². The van der Waals surface area contributed by atoms with Crippen molar-refractivity contribution in [1.82, 2.24) is 4.98 Å². The summed E-state index contributed by atoms with van der Waals surface area (Å²) >= 11 is 6.39. The first kappa shape index (κ1) is 24.3. The Labute approximate surface area is 218 Å². The minimum atomic E-state index is -0.723. The summed E-state index contributed by atoms with van der Waals surface area (Å²) in [4.78, 5) is 33.6. The maximum atomic E-state index is 14.9. The summed E-state index contributed by atoms with van der Waals surface area (Å²) in [7, 11) is 1.76. The number of amides is 4. The van der Waals surface area contributed by atoms with Gasteiger partial charge in [0, 0.05) is 36.8 Å². The van der Waals surface area contributed by atoms with Gasteiger partial charge in [-0.15, -0.1) is 0 Å². The lowest BCUT2D eigenvalue weighted by Crippen LogP contribution is -2.47. The molecule has 0 saturated heterocycles. The Morgan fingerprint density at radius 3 is 2.59 bits per heavy atom. The van der Waals surface area contributed by atoms with Crippen LogP contribution in [0.1, 0.15) is 12.5 Å². The first-order chi connectivity index (χ1) is 17.9. The maximum absolute atomic E-state index is 14.9. The van der Waals surface area contributed by atoms with E-state index in [9.17, 15) is 14.0 Å². The normalized spacial score (nSPS) is 12.9. The van der Waals surface area contributed by atoms with Crippen LogP contribution in [-0.2, 0) is 6.54 Å². The number of carbonyl (C=O) groups excluding carboxylic acids is 2. The Balaban J connectivity index is 1.44. The van der Waals surface area contributed by atoms with Gasteiger partial charge in [0.1, 0.15) is 11.6 Å². The van der Waals surface area contributed by atoms with Gasteiger partial charge in [-0.25, -0.2) is 19.0 Å². The van der Waals surface area contributed by atoms with Gasteiger partial charge < -0.3 is 16.0 Å². The Morgan fingerprint density at radius 2 is 1.81 bits per heavy atom. The molecule has 0 fully saturated rings. The molecule has 0 atom stereocenters. The van der Waals surface area contributed by atoms with Gasteiger partial charge in [0.2, 0.25) is 0 Å². The van der Waals surface area contributed by atoms with Crippen LogP contribution in [0.25, 0.3) is 10.8 Å². The van der Waals surface area contributed by atoms with Crippen LogP contribution in [0, 0.1) is 5.82 Å². The third-order valence-corrected chi connectivity index (χ3v) is 6.53. The van der Waals surface area contributed by atoms with E-state index in [2.05, 4.69) is 20.9 Å². The quantitative estimate of drug-likeness (QED) is 0.275. The fourth-order valence-corrected chi connectivity index (χ4v) is 4.67. The number of nitrogens with zero attached hydrogens (tertiary/aromatic N) is 3. The van der Waals surface area contributed by atoms with Crippen LogP contribution >= 0.6 is 11.6 Å². The van der Waals surface area contributed by atoms with E-state index in [4.69, 9.17) is 11.6 Å². The molecule has 1 aromatic heterocycles. The SMILES string of the molecule is CCN1C(=O)N(c2cc(NC(=O)Nc3cccc4ccccc34)c(F)cc2Cl)Cc2cnc(NC)cc21. The highest BCUT2D eigenvalue weighted by molar-refractivity contribution is 6.34. The summed E-state index contributed by atoms with van der Waals surface area (Å²) in [6.45, 7) is 2.46.